The predicted octanol–water partition coefficient (Wildman–Crippen LogP) is 3.38. The highest BCUT2D eigenvalue weighted by molar-refractivity contribution is 7.09. The van der Waals surface area contributed by atoms with Crippen molar-refractivity contribution in [3.8, 4) is 0 Å². The molecule has 0 saturated carbocycles. The van der Waals surface area contributed by atoms with Crippen LogP contribution >= 0.6 is 11.3 Å². The van der Waals surface area contributed by atoms with Gasteiger partial charge in [0.05, 0.1) is 6.54 Å². The topological polar surface area (TPSA) is 19.4 Å². The first-order valence-electron chi connectivity index (χ1n) is 8.35. The predicted molar refractivity (Wildman–Crippen MR) is 90.7 cm³/mol. The maximum absolute atomic E-state index is 13.1. The van der Waals surface area contributed by atoms with E-state index in [1.807, 2.05) is 18.3 Å². The fraction of sp³-hybridized carbons (Fsp3) is 0.500. The summed E-state index contributed by atoms with van der Waals surface area (Å²) in [6.07, 6.45) is 4.52. The molecular weight excluding hydrogens is 309 g/mol. The minimum atomic E-state index is -0.153. The summed E-state index contributed by atoms with van der Waals surface area (Å²) < 4.78 is 13.1. The number of thiazole rings is 1. The second kappa shape index (κ2) is 6.67. The summed E-state index contributed by atoms with van der Waals surface area (Å²) >= 11 is 1.75. The van der Waals surface area contributed by atoms with Crippen LogP contribution in [0.4, 0.5) is 4.39 Å². The van der Waals surface area contributed by atoms with Gasteiger partial charge >= 0.3 is 0 Å². The molecule has 3 aliphatic rings. The number of halogens is 1. The maximum Gasteiger partial charge on any atom is 0.123 e. The molecule has 0 aliphatic carbocycles. The lowest BCUT2D eigenvalue weighted by Crippen LogP contribution is -2.43. The van der Waals surface area contributed by atoms with Crippen molar-refractivity contribution < 1.29 is 4.39 Å². The molecule has 0 unspecified atom stereocenters. The maximum atomic E-state index is 13.1. The lowest BCUT2D eigenvalue weighted by molar-refractivity contribution is 0.123. The van der Waals surface area contributed by atoms with E-state index in [1.54, 1.807) is 23.5 Å². The van der Waals surface area contributed by atoms with Crippen molar-refractivity contribution in [2.75, 3.05) is 19.6 Å². The summed E-state index contributed by atoms with van der Waals surface area (Å²) in [5.74, 6) is 0.591. The highest BCUT2D eigenvalue weighted by atomic mass is 32.1. The molecule has 0 N–H and O–H groups in total. The second-order valence-corrected chi connectivity index (χ2v) is 7.75. The van der Waals surface area contributed by atoms with E-state index in [0.29, 0.717) is 6.04 Å². The normalized spacial score (nSPS) is 25.6. The van der Waals surface area contributed by atoms with Gasteiger partial charge in [0, 0.05) is 43.8 Å². The van der Waals surface area contributed by atoms with E-state index < -0.39 is 0 Å². The monoisotopic (exact) mass is 331 g/mol. The third-order valence-electron chi connectivity index (χ3n) is 5.04. The molecule has 23 heavy (non-hydrogen) atoms. The van der Waals surface area contributed by atoms with Crippen LogP contribution in [0.5, 0.6) is 0 Å². The number of hydrogen-bond acceptors (Lipinski definition) is 4. The minimum absolute atomic E-state index is 0.153. The van der Waals surface area contributed by atoms with Crippen LogP contribution in [0.2, 0.25) is 0 Å². The number of piperidine rings is 1. The smallest absolute Gasteiger partial charge is 0.123 e. The minimum Gasteiger partial charge on any atom is -0.297 e. The summed E-state index contributed by atoms with van der Waals surface area (Å²) in [6.45, 7) is 5.37. The molecule has 1 aromatic carbocycles. The molecule has 2 atom stereocenters. The number of fused-ring (bicyclic) bond motifs is 4. The molecule has 2 bridgehead atoms. The van der Waals surface area contributed by atoms with E-state index in [-0.39, 0.29) is 5.82 Å². The van der Waals surface area contributed by atoms with Crippen molar-refractivity contribution in [3.05, 3.63) is 52.2 Å². The van der Waals surface area contributed by atoms with Crippen molar-refractivity contribution in [1.82, 2.24) is 14.8 Å². The quantitative estimate of drug-likeness (QED) is 0.856. The molecular formula is C18H22FN3S. The van der Waals surface area contributed by atoms with E-state index >= 15 is 0 Å². The Kier molecular flexibility index (Phi) is 4.42. The second-order valence-electron chi connectivity index (χ2n) is 6.77. The zero-order chi connectivity index (χ0) is 15.6. The SMILES string of the molecule is Fc1ccc(CN2C[C@H]3CC[C@@H](C2)N(Cc2nccs2)C3)cc1. The molecule has 5 heteroatoms. The summed E-state index contributed by atoms with van der Waals surface area (Å²) in [4.78, 5) is 9.62. The Bertz CT molecular complexity index is 628. The lowest BCUT2D eigenvalue weighted by atomic mass is 9.95. The van der Waals surface area contributed by atoms with Gasteiger partial charge in [-0.1, -0.05) is 12.1 Å². The zero-order valence-electron chi connectivity index (χ0n) is 13.2. The Morgan fingerprint density at radius 1 is 1.09 bits per heavy atom. The third kappa shape index (κ3) is 3.62. The fourth-order valence-corrected chi connectivity index (χ4v) is 4.59. The van der Waals surface area contributed by atoms with Crippen LogP contribution in [0.3, 0.4) is 0 Å². The van der Waals surface area contributed by atoms with Crippen molar-refractivity contribution >= 4 is 11.3 Å². The molecule has 3 fully saturated rings. The molecule has 122 valence electrons. The lowest BCUT2D eigenvalue weighted by Gasteiger charge is -2.35. The molecule has 0 amide bonds. The Morgan fingerprint density at radius 2 is 1.96 bits per heavy atom. The average molecular weight is 331 g/mol. The van der Waals surface area contributed by atoms with Crippen molar-refractivity contribution in [3.63, 3.8) is 0 Å². The van der Waals surface area contributed by atoms with Crippen LogP contribution < -0.4 is 0 Å². The van der Waals surface area contributed by atoms with Gasteiger partial charge in [0.15, 0.2) is 0 Å². The molecule has 3 saturated heterocycles. The Balaban J connectivity index is 1.43. The van der Waals surface area contributed by atoms with Crippen molar-refractivity contribution in [1.29, 1.82) is 0 Å². The molecule has 4 heterocycles. The van der Waals surface area contributed by atoms with Gasteiger partial charge < -0.3 is 0 Å². The summed E-state index contributed by atoms with van der Waals surface area (Å²) in [6, 6.07) is 7.58. The molecule has 3 nitrogen and oxygen atoms in total. The van der Waals surface area contributed by atoms with Crippen LogP contribution in [0.1, 0.15) is 23.4 Å². The van der Waals surface area contributed by atoms with E-state index in [9.17, 15) is 4.39 Å². The van der Waals surface area contributed by atoms with Crippen LogP contribution in [0.15, 0.2) is 35.8 Å². The van der Waals surface area contributed by atoms with E-state index in [2.05, 4.69) is 20.2 Å². The van der Waals surface area contributed by atoms with Crippen LogP contribution in [0, 0.1) is 11.7 Å². The first-order valence-corrected chi connectivity index (χ1v) is 9.23. The fourth-order valence-electron chi connectivity index (χ4n) is 3.95. The molecule has 5 rings (SSSR count). The van der Waals surface area contributed by atoms with Gasteiger partial charge in [-0.2, -0.15) is 0 Å². The van der Waals surface area contributed by atoms with Gasteiger partial charge in [-0.3, -0.25) is 9.80 Å². The van der Waals surface area contributed by atoms with Crippen LogP contribution in [0.25, 0.3) is 0 Å². The molecule has 3 aliphatic heterocycles. The number of benzene rings is 1. The number of nitrogens with zero attached hydrogens (tertiary/aromatic N) is 3. The highest BCUT2D eigenvalue weighted by Gasteiger charge is 2.34. The zero-order valence-corrected chi connectivity index (χ0v) is 14.0. The number of rotatable bonds is 4. The summed E-state index contributed by atoms with van der Waals surface area (Å²) in [7, 11) is 0. The Morgan fingerprint density at radius 3 is 2.74 bits per heavy atom. The van der Waals surface area contributed by atoms with E-state index in [4.69, 9.17) is 0 Å². The first kappa shape index (κ1) is 15.2. The van der Waals surface area contributed by atoms with E-state index in [1.165, 1.54) is 30.0 Å². The summed E-state index contributed by atoms with van der Waals surface area (Å²) in [5, 5.41) is 3.29. The van der Waals surface area contributed by atoms with E-state index in [0.717, 1.165) is 32.1 Å². The highest BCUT2D eigenvalue weighted by Crippen LogP contribution is 2.30. The van der Waals surface area contributed by atoms with Crippen LogP contribution in [-0.2, 0) is 13.1 Å². The van der Waals surface area contributed by atoms with Gasteiger partial charge in [-0.05, 0) is 36.5 Å². The molecule has 1 aromatic heterocycles. The van der Waals surface area contributed by atoms with Crippen molar-refractivity contribution in [2.45, 2.75) is 32.0 Å². The number of hydrogen-bond donors (Lipinski definition) is 0. The summed E-state index contributed by atoms with van der Waals surface area (Å²) in [5.41, 5.74) is 1.21. The largest absolute Gasteiger partial charge is 0.297 e. The van der Waals surface area contributed by atoms with Gasteiger partial charge in [0.25, 0.3) is 0 Å². The Labute approximate surface area is 140 Å². The first-order chi connectivity index (χ1) is 11.3. The van der Waals surface area contributed by atoms with Gasteiger partial charge in [0.1, 0.15) is 10.8 Å². The van der Waals surface area contributed by atoms with Gasteiger partial charge in [0.2, 0.25) is 0 Å². The molecule has 2 aromatic rings. The van der Waals surface area contributed by atoms with Gasteiger partial charge in [-0.25, -0.2) is 9.37 Å². The van der Waals surface area contributed by atoms with Crippen molar-refractivity contribution in [2.24, 2.45) is 5.92 Å². The Hall–Kier alpha value is -1.30. The van der Waals surface area contributed by atoms with Gasteiger partial charge in [-0.15, -0.1) is 11.3 Å². The average Bonchev–Trinajstić information content (AvgIpc) is 2.91. The molecule has 0 radical (unpaired) electrons. The standard InChI is InChI=1S/C18H22FN3S/c19-16-4-1-14(2-5-16)9-21-10-15-3-6-17(12-21)22(11-15)13-18-20-7-8-23-18/h1-2,4-5,7-8,15,17H,3,6,9-13H2/t15-,17+/m1/s1. The molecule has 0 spiro atoms. The van der Waals surface area contributed by atoms with Crippen LogP contribution in [-0.4, -0.2) is 40.5 Å². The number of aromatic nitrogens is 1. The third-order valence-corrected chi connectivity index (χ3v) is 5.81.